The van der Waals surface area contributed by atoms with Crippen LogP contribution in [0.3, 0.4) is 0 Å². The molecule has 2 aromatic rings. The smallest absolute Gasteiger partial charge is 0.251 e. The second kappa shape index (κ2) is 8.64. The predicted molar refractivity (Wildman–Crippen MR) is 128 cm³/mol. The first-order valence-corrected chi connectivity index (χ1v) is 12.6. The summed E-state index contributed by atoms with van der Waals surface area (Å²) in [5.41, 5.74) is 1.48. The topological polar surface area (TPSA) is 76.7 Å². The molecule has 2 amide bonds. The molecule has 1 atom stereocenters. The number of para-hydroxylation sites is 2. The van der Waals surface area contributed by atoms with Crippen LogP contribution >= 0.6 is 0 Å². The van der Waals surface area contributed by atoms with Crippen molar-refractivity contribution in [2.75, 3.05) is 13.2 Å². The van der Waals surface area contributed by atoms with Crippen LogP contribution in [0.15, 0.2) is 48.5 Å². The molecular weight excluding hydrogens is 428 g/mol. The Morgan fingerprint density at radius 3 is 2.18 bits per heavy atom. The third kappa shape index (κ3) is 4.15. The third-order valence-corrected chi connectivity index (χ3v) is 8.25. The molecule has 1 unspecified atom stereocenters. The summed E-state index contributed by atoms with van der Waals surface area (Å²) in [4.78, 5) is 25.8. The lowest BCUT2D eigenvalue weighted by Gasteiger charge is -2.55. The van der Waals surface area contributed by atoms with Gasteiger partial charge in [0.1, 0.15) is 12.7 Å². The maximum Gasteiger partial charge on any atom is 0.251 e. The molecule has 6 heteroatoms. The van der Waals surface area contributed by atoms with Crippen molar-refractivity contribution in [2.45, 2.75) is 51.2 Å². The summed E-state index contributed by atoms with van der Waals surface area (Å²) in [6.45, 7) is 1.28. The Kier molecular flexibility index (Phi) is 5.47. The predicted octanol–water partition coefficient (Wildman–Crippen LogP) is 4.09. The van der Waals surface area contributed by atoms with Crippen molar-refractivity contribution < 1.29 is 19.1 Å². The molecule has 5 aliphatic rings. The molecule has 4 bridgehead atoms. The first-order valence-electron chi connectivity index (χ1n) is 12.6. The number of nitrogens with one attached hydrogen (secondary N) is 2. The number of benzene rings is 2. The van der Waals surface area contributed by atoms with Crippen LogP contribution in [0.5, 0.6) is 11.5 Å². The Morgan fingerprint density at radius 2 is 1.50 bits per heavy atom. The van der Waals surface area contributed by atoms with Crippen molar-refractivity contribution >= 4 is 11.8 Å². The van der Waals surface area contributed by atoms with E-state index in [1.54, 1.807) is 0 Å². The zero-order valence-corrected chi connectivity index (χ0v) is 19.4. The van der Waals surface area contributed by atoms with Crippen LogP contribution in [0.25, 0.3) is 0 Å². The number of rotatable bonds is 6. The number of hydrogen-bond acceptors (Lipinski definition) is 4. The molecule has 4 saturated carbocycles. The Labute approximate surface area is 200 Å². The van der Waals surface area contributed by atoms with Gasteiger partial charge in [0.15, 0.2) is 11.5 Å². The molecular formula is C28H32N2O4. The molecule has 7 rings (SSSR count). The molecule has 2 N–H and O–H groups in total. The van der Waals surface area contributed by atoms with Crippen molar-refractivity contribution in [1.82, 2.24) is 10.6 Å². The van der Waals surface area contributed by atoms with E-state index < -0.39 is 0 Å². The van der Waals surface area contributed by atoms with Gasteiger partial charge in [-0.05, 0) is 86.1 Å². The first-order chi connectivity index (χ1) is 16.6. The van der Waals surface area contributed by atoms with Crippen molar-refractivity contribution in [2.24, 2.45) is 23.2 Å². The van der Waals surface area contributed by atoms with E-state index in [4.69, 9.17) is 9.47 Å². The summed E-state index contributed by atoms with van der Waals surface area (Å²) >= 11 is 0. The lowest BCUT2D eigenvalue weighted by Crippen LogP contribution is -2.53. The van der Waals surface area contributed by atoms with Gasteiger partial charge in [-0.3, -0.25) is 9.59 Å². The molecule has 178 valence electrons. The zero-order chi connectivity index (χ0) is 23.1. The highest BCUT2D eigenvalue weighted by Crippen LogP contribution is 2.60. The molecule has 0 aromatic heterocycles. The van der Waals surface area contributed by atoms with Crippen LogP contribution < -0.4 is 20.1 Å². The van der Waals surface area contributed by atoms with Crippen molar-refractivity contribution in [3.8, 4) is 11.5 Å². The highest BCUT2D eigenvalue weighted by atomic mass is 16.6. The van der Waals surface area contributed by atoms with Gasteiger partial charge in [0.2, 0.25) is 5.91 Å². The van der Waals surface area contributed by atoms with E-state index in [0.29, 0.717) is 31.0 Å². The monoisotopic (exact) mass is 460 g/mol. The van der Waals surface area contributed by atoms with Crippen molar-refractivity contribution in [1.29, 1.82) is 0 Å². The SMILES string of the molecule is O=C(NCC1COc2ccccc2O1)c1ccc(CNC(=O)C23CC4CC(CC(C4)C2)C3)cc1. The van der Waals surface area contributed by atoms with E-state index in [9.17, 15) is 9.59 Å². The minimum Gasteiger partial charge on any atom is -0.486 e. The maximum absolute atomic E-state index is 13.2. The van der Waals surface area contributed by atoms with Gasteiger partial charge in [0.05, 0.1) is 6.54 Å². The van der Waals surface area contributed by atoms with Gasteiger partial charge in [-0.25, -0.2) is 0 Å². The van der Waals surface area contributed by atoms with Gasteiger partial charge < -0.3 is 20.1 Å². The van der Waals surface area contributed by atoms with Crippen LogP contribution in [0.4, 0.5) is 0 Å². The summed E-state index contributed by atoms with van der Waals surface area (Å²) in [5, 5.41) is 6.14. The van der Waals surface area contributed by atoms with Crippen molar-refractivity contribution in [3.05, 3.63) is 59.7 Å². The second-order valence-electron chi connectivity index (χ2n) is 10.8. The second-order valence-corrected chi connectivity index (χ2v) is 10.8. The van der Waals surface area contributed by atoms with E-state index in [1.807, 2.05) is 48.5 Å². The van der Waals surface area contributed by atoms with E-state index >= 15 is 0 Å². The highest BCUT2D eigenvalue weighted by molar-refractivity contribution is 5.94. The number of carbonyl (C=O) groups is 2. The fraction of sp³-hybridized carbons (Fsp3) is 0.500. The fourth-order valence-electron chi connectivity index (χ4n) is 7.00. The average molecular weight is 461 g/mol. The quantitative estimate of drug-likeness (QED) is 0.681. The Hall–Kier alpha value is -3.02. The average Bonchev–Trinajstić information content (AvgIpc) is 2.85. The van der Waals surface area contributed by atoms with Gasteiger partial charge >= 0.3 is 0 Å². The van der Waals surface area contributed by atoms with Gasteiger partial charge in [-0.15, -0.1) is 0 Å². The van der Waals surface area contributed by atoms with E-state index in [-0.39, 0.29) is 23.3 Å². The molecule has 0 spiro atoms. The number of ether oxygens (including phenoxy) is 2. The summed E-state index contributed by atoms with van der Waals surface area (Å²) in [6, 6.07) is 15.0. The summed E-state index contributed by atoms with van der Waals surface area (Å²) < 4.78 is 11.6. The molecule has 0 saturated heterocycles. The third-order valence-electron chi connectivity index (χ3n) is 8.25. The van der Waals surface area contributed by atoms with E-state index in [1.165, 1.54) is 19.3 Å². The number of carbonyl (C=O) groups excluding carboxylic acids is 2. The van der Waals surface area contributed by atoms with Crippen LogP contribution in [0, 0.1) is 23.2 Å². The number of amides is 2. The molecule has 4 aliphatic carbocycles. The minimum atomic E-state index is -0.224. The molecule has 2 aromatic carbocycles. The Balaban J connectivity index is 0.996. The number of hydrogen-bond donors (Lipinski definition) is 2. The molecule has 34 heavy (non-hydrogen) atoms. The van der Waals surface area contributed by atoms with Crippen molar-refractivity contribution in [3.63, 3.8) is 0 Å². The van der Waals surface area contributed by atoms with Crippen LogP contribution in [-0.2, 0) is 11.3 Å². The summed E-state index contributed by atoms with van der Waals surface area (Å²) in [6.07, 6.45) is 7.01. The Bertz CT molecular complexity index is 1040. The minimum absolute atomic E-state index is 0.125. The zero-order valence-electron chi connectivity index (χ0n) is 19.4. The first kappa shape index (κ1) is 21.5. The van der Waals surface area contributed by atoms with Gasteiger partial charge in [-0.2, -0.15) is 0 Å². The lowest BCUT2D eigenvalue weighted by atomic mass is 9.49. The maximum atomic E-state index is 13.2. The van der Waals surface area contributed by atoms with E-state index in [0.717, 1.165) is 48.3 Å². The van der Waals surface area contributed by atoms with Gasteiger partial charge in [-0.1, -0.05) is 24.3 Å². The van der Waals surface area contributed by atoms with E-state index in [2.05, 4.69) is 10.6 Å². The largest absolute Gasteiger partial charge is 0.486 e. The molecule has 0 radical (unpaired) electrons. The normalized spacial score (nSPS) is 30.6. The number of fused-ring (bicyclic) bond motifs is 1. The van der Waals surface area contributed by atoms with Gasteiger partial charge in [0, 0.05) is 17.5 Å². The Morgan fingerprint density at radius 1 is 0.853 bits per heavy atom. The van der Waals surface area contributed by atoms with Crippen LogP contribution in [0.1, 0.15) is 54.4 Å². The van der Waals surface area contributed by atoms with Gasteiger partial charge in [0.25, 0.3) is 5.91 Å². The molecule has 6 nitrogen and oxygen atoms in total. The van der Waals surface area contributed by atoms with Crippen LogP contribution in [-0.4, -0.2) is 31.1 Å². The lowest BCUT2D eigenvalue weighted by molar-refractivity contribution is -0.146. The highest BCUT2D eigenvalue weighted by Gasteiger charge is 2.54. The molecule has 4 fully saturated rings. The summed E-state index contributed by atoms with van der Waals surface area (Å²) in [7, 11) is 0. The fourth-order valence-corrected chi connectivity index (χ4v) is 7.00. The molecule has 1 aliphatic heterocycles. The van der Waals surface area contributed by atoms with Crippen LogP contribution in [0.2, 0.25) is 0 Å². The summed E-state index contributed by atoms with van der Waals surface area (Å²) in [5.74, 6) is 3.81. The molecule has 1 heterocycles. The standard InChI is InChI=1S/C28H32N2O4/c31-26(29-16-23-17-33-24-3-1-2-4-25(24)34-23)22-7-5-18(6-8-22)15-30-27(32)28-12-19-9-20(13-28)11-21(10-19)14-28/h1-8,19-21,23H,9-17H2,(H,29,31)(H,30,32).